The zero-order valence-corrected chi connectivity index (χ0v) is 51.8. The lowest BCUT2D eigenvalue weighted by Gasteiger charge is -2.38. The first-order chi connectivity index (χ1) is 45.4. The van der Waals surface area contributed by atoms with Crippen LogP contribution < -0.4 is 27.7 Å². The lowest BCUT2D eigenvalue weighted by atomic mass is 9.90. The number of fused-ring (bicyclic) bond motifs is 3. The molecule has 0 atom stereocenters. The van der Waals surface area contributed by atoms with Gasteiger partial charge in [-0.3, -0.25) is 47.3 Å². The molecule has 24 nitrogen and oxygen atoms in total. The van der Waals surface area contributed by atoms with Gasteiger partial charge in [-0.25, -0.2) is 13.5 Å². The predicted molar refractivity (Wildman–Crippen MR) is 354 cm³/mol. The summed E-state index contributed by atoms with van der Waals surface area (Å²) in [7, 11) is 0. The molecule has 0 radical (unpaired) electrons. The SMILES string of the molecule is C.C=C(C)C(=O)Nc1ccccc1-c1ccc(C(=O)N2CCC(O)(Cn3cnn4cccc4c3=O)CC2)cc1.Nc1ccccc1-c1ccc(C(=O)N2CCC(O)(Cn3cnn4cccc4c3=O)CC2)cc1.O=C(N1CCC(O)(Cn2cnn3cccc3c2=O)CC1)C(F)(F)F. The highest BCUT2D eigenvalue weighted by molar-refractivity contribution is 6.05. The Hall–Kier alpha value is -10.8. The molecule has 10 aromatic rings. The van der Waals surface area contributed by atoms with E-state index in [1.165, 1.54) is 46.2 Å². The number of piperidine rings is 3. The van der Waals surface area contributed by atoms with Crippen LogP contribution in [0.4, 0.5) is 24.5 Å². The Kier molecular flexibility index (Phi) is 19.9. The Morgan fingerprint density at radius 2 is 0.854 bits per heavy atom. The number of halogens is 3. The second kappa shape index (κ2) is 28.0. The fourth-order valence-corrected chi connectivity index (χ4v) is 12.0. The molecule has 0 spiro atoms. The van der Waals surface area contributed by atoms with Crippen molar-refractivity contribution in [3.8, 4) is 22.3 Å². The highest BCUT2D eigenvalue weighted by Crippen LogP contribution is 2.32. The minimum atomic E-state index is -4.92. The van der Waals surface area contributed by atoms with Gasteiger partial charge in [-0.2, -0.15) is 28.5 Å². The number of nitrogens with two attached hydrogens (primary N) is 1. The second-order valence-corrected chi connectivity index (χ2v) is 24.3. The van der Waals surface area contributed by atoms with E-state index in [1.54, 1.807) is 83.8 Å². The molecule has 3 saturated heterocycles. The molecular weight excluding hydrogens is 1240 g/mol. The molecule has 27 heteroatoms. The van der Waals surface area contributed by atoms with Crippen molar-refractivity contribution in [3.63, 3.8) is 0 Å². The number of likely N-dealkylation sites (tertiary alicyclic amines) is 3. The van der Waals surface area contributed by atoms with E-state index in [4.69, 9.17) is 5.73 Å². The van der Waals surface area contributed by atoms with E-state index in [2.05, 4.69) is 27.2 Å². The van der Waals surface area contributed by atoms with Gasteiger partial charge in [0.15, 0.2) is 0 Å². The summed E-state index contributed by atoms with van der Waals surface area (Å²) >= 11 is 0. The first kappa shape index (κ1) is 68.1. The van der Waals surface area contributed by atoms with E-state index >= 15 is 0 Å². The van der Waals surface area contributed by atoms with Crippen LogP contribution in [0.1, 0.15) is 73.6 Å². The summed E-state index contributed by atoms with van der Waals surface area (Å²) in [6, 6.07) is 39.9. The van der Waals surface area contributed by atoms with Crippen molar-refractivity contribution in [1.29, 1.82) is 0 Å². The van der Waals surface area contributed by atoms with E-state index in [9.17, 15) is 62.1 Å². The van der Waals surface area contributed by atoms with E-state index in [1.807, 2.05) is 84.9 Å². The van der Waals surface area contributed by atoms with Crippen molar-refractivity contribution < 1.29 is 47.7 Å². The van der Waals surface area contributed by atoms with Gasteiger partial charge in [0.25, 0.3) is 34.4 Å². The monoisotopic (exact) mass is 1310 g/mol. The molecule has 0 unspecified atom stereocenters. The fraction of sp³-hybridized carbons (Fsp3) is 0.304. The number of hydrogen-bond acceptors (Lipinski definition) is 14. The van der Waals surface area contributed by atoms with E-state index < -0.39 is 28.9 Å². The Bertz CT molecular complexity index is 4680. The number of amides is 4. The minimum Gasteiger partial charge on any atom is -0.398 e. The van der Waals surface area contributed by atoms with Crippen molar-refractivity contribution in [2.45, 2.75) is 95.5 Å². The van der Waals surface area contributed by atoms with Crippen LogP contribution in [-0.4, -0.2) is 158 Å². The number of aliphatic hydroxyl groups is 3. The molecule has 6 N–H and O–H groups in total. The lowest BCUT2D eigenvalue weighted by molar-refractivity contribution is -0.189. The van der Waals surface area contributed by atoms with Crippen LogP contribution in [0.3, 0.4) is 0 Å². The van der Waals surface area contributed by atoms with E-state index in [0.717, 1.165) is 22.3 Å². The maximum Gasteiger partial charge on any atom is 0.471 e. The van der Waals surface area contributed by atoms with E-state index in [0.29, 0.717) is 101 Å². The number of alkyl halides is 3. The zero-order valence-electron chi connectivity index (χ0n) is 51.8. The van der Waals surface area contributed by atoms with Gasteiger partial charge in [0.2, 0.25) is 0 Å². The maximum atomic E-state index is 13.2. The average molecular weight is 1320 g/mol. The van der Waals surface area contributed by atoms with Gasteiger partial charge in [-0.15, -0.1) is 0 Å². The quantitative estimate of drug-likeness (QED) is 0.0621. The molecule has 4 amide bonds. The molecular formula is C69H73F3N14O10. The number of carbonyl (C=O) groups is 4. The molecule has 3 fully saturated rings. The van der Waals surface area contributed by atoms with Gasteiger partial charge in [-0.05, 0) is 129 Å². The summed E-state index contributed by atoms with van der Waals surface area (Å²) in [5.74, 6) is -2.34. The lowest BCUT2D eigenvalue weighted by Crippen LogP contribution is -2.52. The van der Waals surface area contributed by atoms with Gasteiger partial charge < -0.3 is 41.1 Å². The van der Waals surface area contributed by atoms with Gasteiger partial charge in [-0.1, -0.05) is 74.7 Å². The molecule has 0 bridgehead atoms. The summed E-state index contributed by atoms with van der Waals surface area (Å²) < 4.78 is 45.8. The molecule has 13 rings (SSSR count). The highest BCUT2D eigenvalue weighted by Gasteiger charge is 2.45. The maximum absolute atomic E-state index is 13.2. The minimum absolute atomic E-state index is 0. The summed E-state index contributed by atoms with van der Waals surface area (Å²) in [4.78, 5) is 91.3. The summed E-state index contributed by atoms with van der Waals surface area (Å²) in [6.45, 7) is 6.67. The second-order valence-electron chi connectivity index (χ2n) is 24.3. The molecule has 3 aliphatic rings. The van der Waals surface area contributed by atoms with Crippen molar-refractivity contribution >= 4 is 51.6 Å². The number of anilines is 2. The standard InChI is InChI=1S/C29H29N5O4.C25H25N5O3.C14H15F3N4O3.CH4/c1-20(2)26(35)31-24-7-4-3-6-23(24)21-9-11-22(12-10-21)27(36)32-16-13-29(38,14-17-32)18-33-19-30-34-15-5-8-25(34)28(33)37;26-21-5-2-1-4-20(21)18-7-9-19(10-8-18)23(31)28-14-11-25(33,12-15-28)16-29-17-27-30-13-3-6-22(30)24(29)32;15-14(16,17)12(23)19-6-3-13(24,4-7-19)8-20-9-18-21-5-1-2-10(21)11(20)22;/h3-12,15,19,38H,1,13-14,16-18H2,2H3,(H,31,35);1-10,13,17,33H,11-12,14-16,26H2;1-2,5,9,24H,3-4,6-8H2;1H4. The van der Waals surface area contributed by atoms with Gasteiger partial charge in [0.05, 0.1) is 36.4 Å². The molecule has 96 heavy (non-hydrogen) atoms. The van der Waals surface area contributed by atoms with Crippen molar-refractivity contribution in [3.05, 3.63) is 225 Å². The third-order valence-electron chi connectivity index (χ3n) is 17.6. The predicted octanol–water partition coefficient (Wildman–Crippen LogP) is 6.81. The number of benzene rings is 4. The van der Waals surface area contributed by atoms with Crippen LogP contribution in [0.25, 0.3) is 38.8 Å². The van der Waals surface area contributed by atoms with Gasteiger partial charge in [0.1, 0.15) is 35.5 Å². The van der Waals surface area contributed by atoms with Crippen molar-refractivity contribution in [2.24, 2.45) is 0 Å². The molecule has 500 valence electrons. The van der Waals surface area contributed by atoms with Crippen LogP contribution in [0, 0.1) is 0 Å². The molecule has 0 aliphatic carbocycles. The highest BCUT2D eigenvalue weighted by atomic mass is 19.4. The van der Waals surface area contributed by atoms with Gasteiger partial charge in [0, 0.05) is 97.1 Å². The van der Waals surface area contributed by atoms with E-state index in [-0.39, 0.29) is 87.4 Å². The third-order valence-corrected chi connectivity index (χ3v) is 17.6. The first-order valence-electron chi connectivity index (χ1n) is 30.7. The average Bonchev–Trinajstić information content (AvgIpc) is 1.46. The molecule has 6 aromatic heterocycles. The summed E-state index contributed by atoms with van der Waals surface area (Å²) in [6.07, 6.45) is 5.64. The zero-order chi connectivity index (χ0) is 67.4. The fourth-order valence-electron chi connectivity index (χ4n) is 12.0. The first-order valence-corrected chi connectivity index (χ1v) is 30.7. The number of rotatable bonds is 12. The topological polar surface area (TPSA) is 295 Å². The van der Waals surface area contributed by atoms with Gasteiger partial charge >= 0.3 is 12.1 Å². The van der Waals surface area contributed by atoms with Crippen molar-refractivity contribution in [1.82, 2.24) is 57.2 Å². The molecule has 3 aliphatic heterocycles. The van der Waals surface area contributed by atoms with Crippen LogP contribution in [-0.2, 0) is 29.2 Å². The number of nitrogen functional groups attached to an aromatic ring is 1. The number of carbonyl (C=O) groups excluding carboxylic acids is 4. The van der Waals surface area contributed by atoms with Crippen LogP contribution in [0.2, 0.25) is 0 Å². The van der Waals surface area contributed by atoms with Crippen LogP contribution >= 0.6 is 0 Å². The van der Waals surface area contributed by atoms with Crippen molar-refractivity contribution in [2.75, 3.05) is 50.3 Å². The number of nitrogens with zero attached hydrogens (tertiary/aromatic N) is 12. The van der Waals surface area contributed by atoms with Crippen LogP contribution in [0.5, 0.6) is 0 Å². The summed E-state index contributed by atoms with van der Waals surface area (Å²) in [5, 5.41) is 48.1. The number of aromatic nitrogens is 9. The number of hydrogen-bond donors (Lipinski definition) is 5. The number of para-hydroxylation sites is 2. The largest absolute Gasteiger partial charge is 0.471 e. The molecule has 9 heterocycles. The van der Waals surface area contributed by atoms with Crippen LogP contribution in [0.15, 0.2) is 198 Å². The third kappa shape index (κ3) is 15.1. The molecule has 4 aromatic carbocycles. The molecule has 0 saturated carbocycles. The Morgan fingerprint density at radius 3 is 1.22 bits per heavy atom. The normalized spacial score (nSPS) is 15.8. The smallest absolute Gasteiger partial charge is 0.398 e. The summed E-state index contributed by atoms with van der Waals surface area (Å²) in [5.41, 5.74) is 9.53. The Labute approximate surface area is 547 Å². The Balaban J connectivity index is 0.000000160. The Morgan fingerprint density at radius 1 is 0.510 bits per heavy atom. The number of nitrogens with one attached hydrogen (secondary N) is 1.